The number of anilines is 1. The van der Waals surface area contributed by atoms with Crippen LogP contribution in [0.4, 0.5) is 5.69 Å². The van der Waals surface area contributed by atoms with Crippen LogP contribution in [0.2, 0.25) is 0 Å². The van der Waals surface area contributed by atoms with E-state index >= 15 is 0 Å². The van der Waals surface area contributed by atoms with E-state index in [1.54, 1.807) is 11.9 Å². The van der Waals surface area contributed by atoms with Gasteiger partial charge in [0.15, 0.2) is 0 Å². The monoisotopic (exact) mass is 359 g/mol. The largest absolute Gasteiger partial charge is 0.392 e. The first-order valence-corrected chi connectivity index (χ1v) is 9.28. The number of nitrogens with zero attached hydrogens (tertiary/aromatic N) is 1. The third kappa shape index (κ3) is 4.83. The van der Waals surface area contributed by atoms with Gasteiger partial charge < -0.3 is 10.0 Å². The molecule has 0 saturated heterocycles. The summed E-state index contributed by atoms with van der Waals surface area (Å²) in [5, 5.41) is 9.79. The van der Waals surface area contributed by atoms with Crippen molar-refractivity contribution in [1.82, 2.24) is 0 Å². The van der Waals surface area contributed by atoms with Gasteiger partial charge in [-0.2, -0.15) is 0 Å². The number of rotatable bonds is 7. The number of benzene rings is 3. The molecule has 0 aromatic heterocycles. The van der Waals surface area contributed by atoms with Crippen LogP contribution in [0.25, 0.3) is 11.1 Å². The molecular formula is C24H25NO2. The van der Waals surface area contributed by atoms with Gasteiger partial charge in [0.2, 0.25) is 5.91 Å². The molecule has 3 aromatic carbocycles. The molecule has 0 atom stereocenters. The maximum absolute atomic E-state index is 12.6. The molecule has 0 aliphatic rings. The fourth-order valence-corrected chi connectivity index (χ4v) is 3.22. The van der Waals surface area contributed by atoms with Crippen LogP contribution in [0.5, 0.6) is 0 Å². The van der Waals surface area contributed by atoms with Gasteiger partial charge in [-0.25, -0.2) is 0 Å². The second-order valence-corrected chi connectivity index (χ2v) is 6.66. The minimum atomic E-state index is -0.0614. The third-order valence-electron chi connectivity index (χ3n) is 4.80. The van der Waals surface area contributed by atoms with Gasteiger partial charge in [0.1, 0.15) is 0 Å². The molecule has 3 nitrogen and oxygen atoms in total. The Morgan fingerprint density at radius 2 is 1.59 bits per heavy atom. The molecule has 0 heterocycles. The lowest BCUT2D eigenvalue weighted by atomic mass is 9.99. The Kier molecular flexibility index (Phi) is 6.39. The molecule has 0 aliphatic carbocycles. The van der Waals surface area contributed by atoms with Gasteiger partial charge in [-0.3, -0.25) is 4.79 Å². The molecule has 0 bridgehead atoms. The van der Waals surface area contributed by atoms with Crippen LogP contribution in [0.1, 0.15) is 24.0 Å². The first-order chi connectivity index (χ1) is 13.2. The van der Waals surface area contributed by atoms with Crippen LogP contribution < -0.4 is 4.90 Å². The van der Waals surface area contributed by atoms with Crippen molar-refractivity contribution >= 4 is 11.6 Å². The van der Waals surface area contributed by atoms with Crippen LogP contribution in [-0.2, 0) is 17.8 Å². The molecular weight excluding hydrogens is 334 g/mol. The number of aryl methyl sites for hydroxylation is 1. The van der Waals surface area contributed by atoms with Crippen LogP contribution in [-0.4, -0.2) is 18.1 Å². The topological polar surface area (TPSA) is 40.5 Å². The molecule has 1 N–H and O–H groups in total. The number of amides is 1. The zero-order valence-electron chi connectivity index (χ0n) is 15.6. The summed E-state index contributed by atoms with van der Waals surface area (Å²) in [6.07, 6.45) is 2.22. The van der Waals surface area contributed by atoms with E-state index in [1.807, 2.05) is 66.7 Å². The van der Waals surface area contributed by atoms with Gasteiger partial charge in [0.05, 0.1) is 6.61 Å². The Morgan fingerprint density at radius 1 is 0.926 bits per heavy atom. The van der Waals surface area contributed by atoms with Gasteiger partial charge in [0, 0.05) is 19.2 Å². The molecule has 3 aromatic rings. The van der Waals surface area contributed by atoms with Crippen LogP contribution in [0.15, 0.2) is 78.9 Å². The minimum Gasteiger partial charge on any atom is -0.392 e. The third-order valence-corrected chi connectivity index (χ3v) is 4.80. The van der Waals surface area contributed by atoms with Crippen LogP contribution in [0.3, 0.4) is 0 Å². The highest BCUT2D eigenvalue weighted by molar-refractivity contribution is 5.93. The Morgan fingerprint density at radius 3 is 2.26 bits per heavy atom. The number of carbonyl (C=O) groups excluding carboxylic acids is 1. The number of aliphatic hydroxyl groups excluding tert-OH is 1. The van der Waals surface area contributed by atoms with Crippen molar-refractivity contribution in [3.63, 3.8) is 0 Å². The molecule has 0 radical (unpaired) electrons. The van der Waals surface area contributed by atoms with E-state index in [2.05, 4.69) is 12.1 Å². The molecule has 1 amide bonds. The molecule has 3 rings (SSSR count). The van der Waals surface area contributed by atoms with E-state index in [0.717, 1.165) is 35.2 Å². The summed E-state index contributed by atoms with van der Waals surface area (Å²) in [6, 6.07) is 26.0. The van der Waals surface area contributed by atoms with Crippen LogP contribution >= 0.6 is 0 Å². The minimum absolute atomic E-state index is 0.0614. The Hall–Kier alpha value is -2.91. The standard InChI is InChI=1S/C24H25NO2/c1-25(24(27)14-8-11-19-9-4-2-5-10-19)22-15-16-23(21(17-22)18-26)20-12-6-3-7-13-20/h2-7,9-10,12-13,15-17,26H,8,11,14,18H2,1H3. The summed E-state index contributed by atoms with van der Waals surface area (Å²) in [4.78, 5) is 14.2. The Balaban J connectivity index is 1.67. The molecule has 0 saturated carbocycles. The van der Waals surface area contributed by atoms with E-state index < -0.39 is 0 Å². The summed E-state index contributed by atoms with van der Waals surface area (Å²) in [6.45, 7) is -0.0614. The highest BCUT2D eigenvalue weighted by Crippen LogP contribution is 2.28. The van der Waals surface area contributed by atoms with Crippen molar-refractivity contribution in [3.8, 4) is 11.1 Å². The number of hydrogen-bond acceptors (Lipinski definition) is 2. The average Bonchev–Trinajstić information content (AvgIpc) is 2.74. The molecule has 0 unspecified atom stereocenters. The van der Waals surface area contributed by atoms with Crippen molar-refractivity contribution in [3.05, 3.63) is 90.0 Å². The molecule has 0 fully saturated rings. The van der Waals surface area contributed by atoms with Gasteiger partial charge in [0.25, 0.3) is 0 Å². The summed E-state index contributed by atoms with van der Waals surface area (Å²) in [5.74, 6) is 0.0854. The highest BCUT2D eigenvalue weighted by atomic mass is 16.3. The quantitative estimate of drug-likeness (QED) is 0.656. The molecule has 0 spiro atoms. The Labute approximate surface area is 160 Å². The SMILES string of the molecule is CN(C(=O)CCCc1ccccc1)c1ccc(-c2ccccc2)c(CO)c1. The highest BCUT2D eigenvalue weighted by Gasteiger charge is 2.13. The number of aliphatic hydroxyl groups is 1. The smallest absolute Gasteiger partial charge is 0.226 e. The molecule has 138 valence electrons. The fourth-order valence-electron chi connectivity index (χ4n) is 3.22. The summed E-state index contributed by atoms with van der Waals surface area (Å²) < 4.78 is 0. The average molecular weight is 359 g/mol. The van der Waals surface area contributed by atoms with Crippen molar-refractivity contribution in [2.45, 2.75) is 25.9 Å². The maximum Gasteiger partial charge on any atom is 0.226 e. The van der Waals surface area contributed by atoms with E-state index in [4.69, 9.17) is 0 Å². The first kappa shape index (κ1) is 18.9. The second-order valence-electron chi connectivity index (χ2n) is 6.66. The van der Waals surface area contributed by atoms with E-state index in [-0.39, 0.29) is 12.5 Å². The lowest BCUT2D eigenvalue weighted by molar-refractivity contribution is -0.118. The van der Waals surface area contributed by atoms with Crippen LogP contribution in [0, 0.1) is 0 Å². The van der Waals surface area contributed by atoms with E-state index in [1.165, 1.54) is 5.56 Å². The summed E-state index contributed by atoms with van der Waals surface area (Å²) in [7, 11) is 1.80. The maximum atomic E-state index is 12.6. The van der Waals surface area contributed by atoms with E-state index in [9.17, 15) is 9.90 Å². The molecule has 3 heteroatoms. The number of hydrogen-bond donors (Lipinski definition) is 1. The van der Waals surface area contributed by atoms with Crippen molar-refractivity contribution in [2.24, 2.45) is 0 Å². The molecule has 27 heavy (non-hydrogen) atoms. The van der Waals surface area contributed by atoms with Gasteiger partial charge in [-0.15, -0.1) is 0 Å². The lowest BCUT2D eigenvalue weighted by Crippen LogP contribution is -2.26. The van der Waals surface area contributed by atoms with E-state index in [0.29, 0.717) is 6.42 Å². The lowest BCUT2D eigenvalue weighted by Gasteiger charge is -2.19. The summed E-state index contributed by atoms with van der Waals surface area (Å²) >= 11 is 0. The zero-order chi connectivity index (χ0) is 19.1. The Bertz CT molecular complexity index is 875. The zero-order valence-corrected chi connectivity index (χ0v) is 15.6. The normalized spacial score (nSPS) is 10.6. The van der Waals surface area contributed by atoms with Crippen molar-refractivity contribution < 1.29 is 9.90 Å². The predicted octanol–water partition coefficient (Wildman–Crippen LogP) is 4.83. The first-order valence-electron chi connectivity index (χ1n) is 9.28. The second kappa shape index (κ2) is 9.15. The fraction of sp³-hybridized carbons (Fsp3) is 0.208. The van der Waals surface area contributed by atoms with Gasteiger partial charge in [-0.1, -0.05) is 66.7 Å². The predicted molar refractivity (Wildman–Crippen MR) is 111 cm³/mol. The number of carbonyl (C=O) groups is 1. The van der Waals surface area contributed by atoms with Gasteiger partial charge in [-0.05, 0) is 47.2 Å². The summed E-state index contributed by atoms with van der Waals surface area (Å²) in [5.41, 5.74) is 4.94. The van der Waals surface area contributed by atoms with Crippen molar-refractivity contribution in [2.75, 3.05) is 11.9 Å². The van der Waals surface area contributed by atoms with Gasteiger partial charge >= 0.3 is 0 Å². The van der Waals surface area contributed by atoms with Crippen molar-refractivity contribution in [1.29, 1.82) is 0 Å². The molecule has 0 aliphatic heterocycles.